The summed E-state index contributed by atoms with van der Waals surface area (Å²) in [6.07, 6.45) is 0. The maximum Gasteiger partial charge on any atom is 0.159 e. The molecule has 3 nitrogen and oxygen atoms in total. The van der Waals surface area contributed by atoms with Crippen LogP contribution >= 0.6 is 22.9 Å². The van der Waals surface area contributed by atoms with Crippen LogP contribution in [-0.2, 0) is 0 Å². The number of anilines is 2. The number of hydrogen-bond acceptors (Lipinski definition) is 4. The number of halogens is 1. The fourth-order valence-electron chi connectivity index (χ4n) is 1.26. The molecule has 0 saturated carbocycles. The van der Waals surface area contributed by atoms with Crippen molar-refractivity contribution in [3.63, 3.8) is 0 Å². The SMILES string of the molecule is Cc1nc(Nc2ccc(Cl)cc2)c(C#N)s1. The molecule has 0 aliphatic heterocycles. The molecule has 1 aromatic carbocycles. The van der Waals surface area contributed by atoms with Crippen LogP contribution in [-0.4, -0.2) is 4.98 Å². The van der Waals surface area contributed by atoms with Crippen molar-refractivity contribution in [3.05, 3.63) is 39.2 Å². The normalized spacial score (nSPS) is 9.81. The lowest BCUT2D eigenvalue weighted by atomic mass is 10.3. The van der Waals surface area contributed by atoms with Gasteiger partial charge in [0.1, 0.15) is 10.9 Å². The van der Waals surface area contributed by atoms with E-state index in [1.54, 1.807) is 12.1 Å². The molecular formula is C11H8ClN3S. The van der Waals surface area contributed by atoms with E-state index in [2.05, 4.69) is 16.4 Å². The molecule has 0 aliphatic rings. The van der Waals surface area contributed by atoms with Crippen LogP contribution in [0, 0.1) is 18.3 Å². The summed E-state index contributed by atoms with van der Waals surface area (Å²) in [5, 5.41) is 13.6. The molecule has 0 amide bonds. The quantitative estimate of drug-likeness (QED) is 0.883. The van der Waals surface area contributed by atoms with Crippen LogP contribution in [0.25, 0.3) is 0 Å². The second-order valence-electron chi connectivity index (χ2n) is 3.15. The lowest BCUT2D eigenvalue weighted by molar-refractivity contribution is 1.28. The topological polar surface area (TPSA) is 48.7 Å². The van der Waals surface area contributed by atoms with Gasteiger partial charge in [0.05, 0.1) is 5.01 Å². The van der Waals surface area contributed by atoms with E-state index in [1.807, 2.05) is 19.1 Å². The average molecular weight is 250 g/mol. The number of thiazole rings is 1. The van der Waals surface area contributed by atoms with Gasteiger partial charge in [-0.2, -0.15) is 5.26 Å². The Kier molecular flexibility index (Phi) is 3.09. The number of nitrogens with zero attached hydrogens (tertiary/aromatic N) is 2. The number of nitriles is 1. The lowest BCUT2D eigenvalue weighted by Gasteiger charge is -2.02. The Balaban J connectivity index is 2.27. The Bertz CT molecular complexity index is 539. The number of rotatable bonds is 2. The van der Waals surface area contributed by atoms with Gasteiger partial charge in [-0.3, -0.25) is 0 Å². The van der Waals surface area contributed by atoms with Crippen LogP contribution in [0.15, 0.2) is 24.3 Å². The summed E-state index contributed by atoms with van der Waals surface area (Å²) in [5.41, 5.74) is 0.867. The minimum absolute atomic E-state index is 0.590. The molecule has 0 fully saturated rings. The van der Waals surface area contributed by atoms with Gasteiger partial charge >= 0.3 is 0 Å². The molecule has 0 saturated heterocycles. The van der Waals surface area contributed by atoms with E-state index < -0.39 is 0 Å². The van der Waals surface area contributed by atoms with Crippen molar-refractivity contribution in [1.82, 2.24) is 4.98 Å². The first kappa shape index (κ1) is 10.9. The number of aromatic nitrogens is 1. The Hall–Kier alpha value is -1.57. The predicted octanol–water partition coefficient (Wildman–Crippen LogP) is 3.72. The highest BCUT2D eigenvalue weighted by atomic mass is 35.5. The monoisotopic (exact) mass is 249 g/mol. The summed E-state index contributed by atoms with van der Waals surface area (Å²) in [6, 6.07) is 9.38. The lowest BCUT2D eigenvalue weighted by Crippen LogP contribution is -1.92. The summed E-state index contributed by atoms with van der Waals surface area (Å²) in [5.74, 6) is 0.604. The molecule has 1 heterocycles. The van der Waals surface area contributed by atoms with E-state index in [0.717, 1.165) is 10.7 Å². The van der Waals surface area contributed by atoms with Crippen LogP contribution < -0.4 is 5.32 Å². The third-order valence-electron chi connectivity index (χ3n) is 1.94. The van der Waals surface area contributed by atoms with Crippen molar-refractivity contribution >= 4 is 34.4 Å². The number of hydrogen-bond donors (Lipinski definition) is 1. The van der Waals surface area contributed by atoms with E-state index in [9.17, 15) is 0 Å². The highest BCUT2D eigenvalue weighted by molar-refractivity contribution is 7.12. The molecule has 0 bridgehead atoms. The Morgan fingerprint density at radius 2 is 2.06 bits per heavy atom. The smallest absolute Gasteiger partial charge is 0.159 e. The minimum atomic E-state index is 0.590. The summed E-state index contributed by atoms with van der Waals surface area (Å²) >= 11 is 7.16. The van der Waals surface area contributed by atoms with Crippen LogP contribution in [0.5, 0.6) is 0 Å². The molecule has 2 aromatic rings. The van der Waals surface area contributed by atoms with Crippen LogP contribution in [0.3, 0.4) is 0 Å². The molecule has 0 radical (unpaired) electrons. The molecule has 1 N–H and O–H groups in total. The largest absolute Gasteiger partial charge is 0.338 e. The molecular weight excluding hydrogens is 242 g/mol. The minimum Gasteiger partial charge on any atom is -0.338 e. The fourth-order valence-corrected chi connectivity index (χ4v) is 2.05. The van der Waals surface area contributed by atoms with Gasteiger partial charge in [0.2, 0.25) is 0 Å². The van der Waals surface area contributed by atoms with E-state index in [4.69, 9.17) is 16.9 Å². The number of nitrogens with one attached hydrogen (secondary N) is 1. The van der Waals surface area contributed by atoms with Gasteiger partial charge in [-0.25, -0.2) is 4.98 Å². The highest BCUT2D eigenvalue weighted by Gasteiger charge is 2.08. The Labute approximate surface area is 102 Å². The van der Waals surface area contributed by atoms with Gasteiger partial charge in [-0.1, -0.05) is 11.6 Å². The molecule has 0 unspecified atom stereocenters. The summed E-state index contributed by atoms with van der Waals surface area (Å²) in [6.45, 7) is 1.87. The zero-order valence-electron chi connectivity index (χ0n) is 8.49. The van der Waals surface area contributed by atoms with Crippen molar-refractivity contribution in [2.45, 2.75) is 6.92 Å². The van der Waals surface area contributed by atoms with E-state index >= 15 is 0 Å². The molecule has 1 aromatic heterocycles. The van der Waals surface area contributed by atoms with Crippen LogP contribution in [0.2, 0.25) is 5.02 Å². The van der Waals surface area contributed by atoms with Gasteiger partial charge in [0.15, 0.2) is 5.82 Å². The molecule has 0 spiro atoms. The van der Waals surface area contributed by atoms with E-state index in [0.29, 0.717) is 15.7 Å². The van der Waals surface area contributed by atoms with Crippen LogP contribution in [0.4, 0.5) is 11.5 Å². The second kappa shape index (κ2) is 4.52. The number of benzene rings is 1. The van der Waals surface area contributed by atoms with E-state index in [-0.39, 0.29) is 0 Å². The van der Waals surface area contributed by atoms with Gasteiger partial charge in [-0.05, 0) is 31.2 Å². The number of aryl methyl sites for hydroxylation is 1. The van der Waals surface area contributed by atoms with Crippen LogP contribution in [0.1, 0.15) is 9.88 Å². The third kappa shape index (κ3) is 2.32. The van der Waals surface area contributed by atoms with Crippen molar-refractivity contribution in [1.29, 1.82) is 5.26 Å². The van der Waals surface area contributed by atoms with E-state index in [1.165, 1.54) is 11.3 Å². The van der Waals surface area contributed by atoms with Gasteiger partial charge in [-0.15, -0.1) is 11.3 Å². The maximum atomic E-state index is 8.91. The Morgan fingerprint density at radius 3 is 2.69 bits per heavy atom. The van der Waals surface area contributed by atoms with Crippen molar-refractivity contribution in [2.75, 3.05) is 5.32 Å². The standard InChI is InChI=1S/C11H8ClN3S/c1-7-14-11(10(6-13)16-7)15-9-4-2-8(12)3-5-9/h2-5,15H,1H3. The Morgan fingerprint density at radius 1 is 1.38 bits per heavy atom. The second-order valence-corrected chi connectivity index (χ2v) is 4.79. The maximum absolute atomic E-state index is 8.91. The first-order valence-corrected chi connectivity index (χ1v) is 5.78. The van der Waals surface area contributed by atoms with Gasteiger partial charge in [0.25, 0.3) is 0 Å². The fraction of sp³-hybridized carbons (Fsp3) is 0.0909. The summed E-state index contributed by atoms with van der Waals surface area (Å²) in [4.78, 5) is 4.84. The molecule has 0 aliphatic carbocycles. The predicted molar refractivity (Wildman–Crippen MR) is 66.3 cm³/mol. The zero-order chi connectivity index (χ0) is 11.5. The first-order chi connectivity index (χ1) is 7.69. The first-order valence-electron chi connectivity index (χ1n) is 4.59. The molecule has 80 valence electrons. The molecule has 0 atom stereocenters. The van der Waals surface area contributed by atoms with Crippen molar-refractivity contribution in [2.24, 2.45) is 0 Å². The van der Waals surface area contributed by atoms with Crippen molar-refractivity contribution in [3.8, 4) is 6.07 Å². The van der Waals surface area contributed by atoms with Gasteiger partial charge in [0, 0.05) is 10.7 Å². The van der Waals surface area contributed by atoms with Gasteiger partial charge < -0.3 is 5.32 Å². The average Bonchev–Trinajstić information content (AvgIpc) is 2.62. The summed E-state index contributed by atoms with van der Waals surface area (Å²) in [7, 11) is 0. The molecule has 16 heavy (non-hydrogen) atoms. The van der Waals surface area contributed by atoms with Crippen molar-refractivity contribution < 1.29 is 0 Å². The highest BCUT2D eigenvalue weighted by Crippen LogP contribution is 2.25. The summed E-state index contributed by atoms with van der Waals surface area (Å²) < 4.78 is 0. The molecule has 2 rings (SSSR count). The molecule has 5 heteroatoms. The zero-order valence-corrected chi connectivity index (χ0v) is 10.1. The third-order valence-corrected chi connectivity index (χ3v) is 3.07.